The van der Waals surface area contributed by atoms with Crippen molar-refractivity contribution in [1.29, 1.82) is 5.26 Å². The Labute approximate surface area is 214 Å². The number of hydrogen-bond donors (Lipinski definition) is 1. The summed E-state index contributed by atoms with van der Waals surface area (Å²) in [5.41, 5.74) is 0.647. The van der Waals surface area contributed by atoms with Gasteiger partial charge in [0, 0.05) is 5.69 Å². The third kappa shape index (κ3) is 6.30. The Morgan fingerprint density at radius 1 is 1.06 bits per heavy atom. The molecule has 3 aromatic rings. The lowest BCUT2D eigenvalue weighted by atomic mass is 10.1. The molecule has 0 aliphatic heterocycles. The summed E-state index contributed by atoms with van der Waals surface area (Å²) in [6.07, 6.45) is 1.35. The van der Waals surface area contributed by atoms with E-state index < -0.39 is 16.0 Å². The Morgan fingerprint density at radius 2 is 1.76 bits per heavy atom. The van der Waals surface area contributed by atoms with Crippen LogP contribution in [0.3, 0.4) is 0 Å². The van der Waals surface area contributed by atoms with Crippen molar-refractivity contribution in [3.63, 3.8) is 0 Å². The van der Waals surface area contributed by atoms with E-state index in [-0.39, 0.29) is 21.2 Å². The van der Waals surface area contributed by atoms with E-state index in [1.807, 2.05) is 6.07 Å². The lowest BCUT2D eigenvalue weighted by Gasteiger charge is -2.10. The van der Waals surface area contributed by atoms with Crippen molar-refractivity contribution in [2.75, 3.05) is 12.4 Å². The largest absolute Gasteiger partial charge is 0.497 e. The molecule has 0 aliphatic carbocycles. The Morgan fingerprint density at radius 3 is 2.35 bits per heavy atom. The van der Waals surface area contributed by atoms with Crippen molar-refractivity contribution >= 4 is 66.9 Å². The molecule has 0 bridgehead atoms. The van der Waals surface area contributed by atoms with Crippen LogP contribution in [0.4, 0.5) is 5.69 Å². The maximum Gasteiger partial charge on any atom is 0.339 e. The number of amides is 1. The molecule has 0 saturated heterocycles. The second-order valence-electron chi connectivity index (χ2n) is 6.66. The first-order chi connectivity index (χ1) is 16.1. The monoisotopic (exact) mass is 580 g/mol. The summed E-state index contributed by atoms with van der Waals surface area (Å²) in [4.78, 5) is 12.4. The van der Waals surface area contributed by atoms with Crippen LogP contribution in [0.5, 0.6) is 11.5 Å². The van der Waals surface area contributed by atoms with E-state index in [0.29, 0.717) is 26.5 Å². The zero-order valence-corrected chi connectivity index (χ0v) is 21.3. The third-order valence-corrected chi connectivity index (χ3v) is 6.96. The third-order valence-electron chi connectivity index (χ3n) is 4.36. The van der Waals surface area contributed by atoms with Crippen LogP contribution in [-0.2, 0) is 14.9 Å². The zero-order chi connectivity index (χ0) is 24.9. The smallest absolute Gasteiger partial charge is 0.339 e. The molecule has 0 fully saturated rings. The molecule has 174 valence electrons. The van der Waals surface area contributed by atoms with Gasteiger partial charge in [0.05, 0.1) is 21.6 Å². The van der Waals surface area contributed by atoms with Crippen molar-refractivity contribution in [2.24, 2.45) is 0 Å². The van der Waals surface area contributed by atoms with Gasteiger partial charge in [0.15, 0.2) is 5.75 Å². The number of benzene rings is 3. The van der Waals surface area contributed by atoms with Crippen molar-refractivity contribution < 1.29 is 22.1 Å². The number of nitriles is 1. The predicted octanol–water partition coefficient (Wildman–Crippen LogP) is 6.08. The number of hydrogen-bond acceptors (Lipinski definition) is 6. The van der Waals surface area contributed by atoms with E-state index in [1.165, 1.54) is 67.8 Å². The Hall–Kier alpha value is -3.03. The number of carbonyl (C=O) groups excluding carboxylic acids is 1. The van der Waals surface area contributed by atoms with Crippen molar-refractivity contribution in [3.05, 3.63) is 86.3 Å². The van der Waals surface area contributed by atoms with Crippen LogP contribution in [0.15, 0.2) is 75.6 Å². The van der Waals surface area contributed by atoms with Gasteiger partial charge in [-0.2, -0.15) is 13.7 Å². The Kier molecular flexibility index (Phi) is 8.23. The second kappa shape index (κ2) is 10.9. The number of nitrogens with zero attached hydrogens (tertiary/aromatic N) is 1. The molecular weight excluding hydrogens is 567 g/mol. The minimum Gasteiger partial charge on any atom is -0.497 e. The lowest BCUT2D eigenvalue weighted by molar-refractivity contribution is -0.112. The molecule has 0 atom stereocenters. The molecule has 11 heteroatoms. The second-order valence-corrected chi connectivity index (χ2v) is 9.87. The molecule has 3 rings (SSSR count). The first-order valence-electron chi connectivity index (χ1n) is 9.39. The van der Waals surface area contributed by atoms with Gasteiger partial charge in [-0.1, -0.05) is 29.3 Å². The number of anilines is 1. The normalized spacial score (nSPS) is 11.4. The average molecular weight is 582 g/mol. The van der Waals surface area contributed by atoms with Gasteiger partial charge in [0.2, 0.25) is 0 Å². The Bertz CT molecular complexity index is 1420. The molecule has 1 amide bonds. The molecular formula is C23H15BrCl2N2O5S. The number of methoxy groups -OCH3 is 1. The van der Waals surface area contributed by atoms with Gasteiger partial charge in [-0.25, -0.2) is 0 Å². The molecule has 0 spiro atoms. The van der Waals surface area contributed by atoms with E-state index in [2.05, 4.69) is 21.2 Å². The minimum absolute atomic E-state index is 0.0340. The topological polar surface area (TPSA) is 105 Å². The first-order valence-corrected chi connectivity index (χ1v) is 12.3. The molecule has 0 aliphatic rings. The maximum atomic E-state index is 12.6. The molecule has 3 aromatic carbocycles. The summed E-state index contributed by atoms with van der Waals surface area (Å²) in [6, 6.07) is 16.5. The van der Waals surface area contributed by atoms with Crippen LogP contribution in [0.25, 0.3) is 6.08 Å². The van der Waals surface area contributed by atoms with Crippen LogP contribution < -0.4 is 14.2 Å². The fourth-order valence-corrected chi connectivity index (χ4v) is 4.50. The van der Waals surface area contributed by atoms with Gasteiger partial charge in [-0.3, -0.25) is 4.79 Å². The molecule has 0 saturated carbocycles. The SMILES string of the molecule is COc1ccc(S(=O)(=O)Oc2ccc(/C=C(\C#N)C(=O)Nc3ccc(Cl)c(Cl)c3)cc2Br)cc1. The van der Waals surface area contributed by atoms with Crippen LogP contribution in [0.1, 0.15) is 5.56 Å². The van der Waals surface area contributed by atoms with Gasteiger partial charge < -0.3 is 14.2 Å². The van der Waals surface area contributed by atoms with Crippen LogP contribution in [0.2, 0.25) is 10.0 Å². The van der Waals surface area contributed by atoms with Crippen molar-refractivity contribution in [1.82, 2.24) is 0 Å². The number of carbonyl (C=O) groups is 1. The summed E-state index contributed by atoms with van der Waals surface area (Å²) in [5, 5.41) is 12.6. The summed E-state index contributed by atoms with van der Waals surface area (Å²) >= 11 is 15.1. The van der Waals surface area contributed by atoms with Gasteiger partial charge in [-0.15, -0.1) is 0 Å². The molecule has 0 aromatic heterocycles. The maximum absolute atomic E-state index is 12.6. The zero-order valence-electron chi connectivity index (χ0n) is 17.4. The van der Waals surface area contributed by atoms with Gasteiger partial charge >= 0.3 is 10.1 Å². The molecule has 7 nitrogen and oxygen atoms in total. The minimum atomic E-state index is -4.09. The van der Waals surface area contributed by atoms with Crippen LogP contribution in [-0.4, -0.2) is 21.4 Å². The molecule has 0 unspecified atom stereocenters. The van der Waals surface area contributed by atoms with Crippen LogP contribution >= 0.6 is 39.1 Å². The van der Waals surface area contributed by atoms with E-state index in [0.717, 1.165) is 0 Å². The quantitative estimate of drug-likeness (QED) is 0.206. The van der Waals surface area contributed by atoms with Gasteiger partial charge in [0.25, 0.3) is 5.91 Å². The fourth-order valence-electron chi connectivity index (χ4n) is 2.67. The Balaban J connectivity index is 1.79. The highest BCUT2D eigenvalue weighted by atomic mass is 79.9. The molecule has 0 radical (unpaired) electrons. The van der Waals surface area contributed by atoms with Gasteiger partial charge in [-0.05, 0) is 82.2 Å². The standard InChI is InChI=1S/C23H15BrCl2N2O5S/c1-32-17-4-6-18(7-5-17)34(30,31)33-22-9-2-14(11-19(22)24)10-15(13-27)23(29)28-16-3-8-20(25)21(26)12-16/h2-12H,1H3,(H,28,29)/b15-10+. The molecule has 34 heavy (non-hydrogen) atoms. The highest BCUT2D eigenvalue weighted by molar-refractivity contribution is 9.10. The molecule has 0 heterocycles. The average Bonchev–Trinajstić information content (AvgIpc) is 2.81. The van der Waals surface area contributed by atoms with E-state index in [9.17, 15) is 18.5 Å². The lowest BCUT2D eigenvalue weighted by Crippen LogP contribution is -2.13. The highest BCUT2D eigenvalue weighted by Crippen LogP contribution is 2.30. The summed E-state index contributed by atoms with van der Waals surface area (Å²) < 4.78 is 35.7. The number of rotatable bonds is 7. The highest BCUT2D eigenvalue weighted by Gasteiger charge is 2.19. The molecule has 1 N–H and O–H groups in total. The summed E-state index contributed by atoms with van der Waals surface area (Å²) in [5.74, 6) is -0.112. The van der Waals surface area contributed by atoms with Crippen molar-refractivity contribution in [2.45, 2.75) is 4.90 Å². The number of nitrogens with one attached hydrogen (secondary N) is 1. The fraction of sp³-hybridized carbons (Fsp3) is 0.0435. The summed E-state index contributed by atoms with van der Waals surface area (Å²) in [7, 11) is -2.62. The van der Waals surface area contributed by atoms with Crippen molar-refractivity contribution in [3.8, 4) is 17.6 Å². The predicted molar refractivity (Wildman–Crippen MR) is 134 cm³/mol. The van der Waals surface area contributed by atoms with E-state index in [4.69, 9.17) is 32.1 Å². The number of ether oxygens (including phenoxy) is 1. The first kappa shape index (κ1) is 25.6. The van der Waals surface area contributed by atoms with E-state index in [1.54, 1.807) is 6.07 Å². The number of halogens is 3. The van der Waals surface area contributed by atoms with E-state index >= 15 is 0 Å². The van der Waals surface area contributed by atoms with Gasteiger partial charge in [0.1, 0.15) is 22.3 Å². The van der Waals surface area contributed by atoms with Crippen LogP contribution in [0, 0.1) is 11.3 Å². The summed E-state index contributed by atoms with van der Waals surface area (Å²) in [6.45, 7) is 0.